The van der Waals surface area contributed by atoms with Crippen LogP contribution in [0.1, 0.15) is 15.9 Å². The molecule has 0 saturated heterocycles. The van der Waals surface area contributed by atoms with Crippen molar-refractivity contribution in [2.24, 2.45) is 0 Å². The molecule has 0 radical (unpaired) electrons. The molecule has 1 amide bonds. The molecule has 23 heavy (non-hydrogen) atoms. The van der Waals surface area contributed by atoms with Gasteiger partial charge >= 0.3 is 0 Å². The fourth-order valence-corrected chi connectivity index (χ4v) is 3.36. The van der Waals surface area contributed by atoms with Crippen LogP contribution in [0.5, 0.6) is 5.75 Å². The molecule has 0 aliphatic carbocycles. The summed E-state index contributed by atoms with van der Waals surface area (Å²) in [5.74, 6) is -0.121. The molecule has 0 heterocycles. The van der Waals surface area contributed by atoms with Gasteiger partial charge in [-0.2, -0.15) is 0 Å². The molecule has 0 aliphatic rings. The van der Waals surface area contributed by atoms with Crippen LogP contribution < -0.4 is 9.46 Å². The summed E-state index contributed by atoms with van der Waals surface area (Å²) >= 11 is 3.34. The van der Waals surface area contributed by atoms with Gasteiger partial charge in [-0.25, -0.2) is 13.1 Å². The Balaban J connectivity index is 2.13. The summed E-state index contributed by atoms with van der Waals surface area (Å²) in [6, 6.07) is 12.6. The first-order valence-electron chi connectivity index (χ1n) is 6.82. The fraction of sp³-hybridized carbons (Fsp3) is 0.188. The lowest BCUT2D eigenvalue weighted by molar-refractivity contribution is 0.0981. The molecule has 0 atom stereocenters. The lowest BCUT2D eigenvalue weighted by atomic mass is 10.1. The quantitative estimate of drug-likeness (QED) is 0.760. The van der Waals surface area contributed by atoms with Crippen molar-refractivity contribution >= 4 is 31.9 Å². The summed E-state index contributed by atoms with van der Waals surface area (Å²) in [6.45, 7) is 0. The summed E-state index contributed by atoms with van der Waals surface area (Å²) in [4.78, 5) is 12.1. The van der Waals surface area contributed by atoms with Gasteiger partial charge in [-0.15, -0.1) is 0 Å². The molecule has 7 heteroatoms. The van der Waals surface area contributed by atoms with Crippen LogP contribution in [0.3, 0.4) is 0 Å². The SMILES string of the molecule is COc1ccc(S(=O)(=O)NC(=O)c2ccc(CCBr)cc2)cc1. The molecule has 2 rings (SSSR count). The number of amides is 1. The van der Waals surface area contributed by atoms with Crippen LogP contribution in [0.15, 0.2) is 53.4 Å². The number of ether oxygens (including phenoxy) is 1. The number of alkyl halides is 1. The first-order chi connectivity index (χ1) is 11.0. The smallest absolute Gasteiger partial charge is 0.264 e. The Hall–Kier alpha value is -1.86. The van der Waals surface area contributed by atoms with Crippen LogP contribution in [-0.2, 0) is 16.4 Å². The molecule has 0 bridgehead atoms. The lowest BCUT2D eigenvalue weighted by Gasteiger charge is -2.08. The second-order valence-electron chi connectivity index (χ2n) is 4.75. The van der Waals surface area contributed by atoms with Crippen molar-refractivity contribution in [2.45, 2.75) is 11.3 Å². The maximum absolute atomic E-state index is 12.2. The van der Waals surface area contributed by atoms with Gasteiger partial charge in [0.05, 0.1) is 12.0 Å². The molecule has 0 aliphatic heterocycles. The largest absolute Gasteiger partial charge is 0.497 e. The van der Waals surface area contributed by atoms with Gasteiger partial charge in [0.25, 0.3) is 15.9 Å². The van der Waals surface area contributed by atoms with Crippen LogP contribution in [0.2, 0.25) is 0 Å². The molecule has 122 valence electrons. The third kappa shape index (κ3) is 4.56. The van der Waals surface area contributed by atoms with E-state index in [4.69, 9.17) is 4.74 Å². The van der Waals surface area contributed by atoms with Crippen LogP contribution in [0.25, 0.3) is 0 Å². The summed E-state index contributed by atoms with van der Waals surface area (Å²) in [5, 5.41) is 0.824. The molecule has 0 unspecified atom stereocenters. The topological polar surface area (TPSA) is 72.5 Å². The Morgan fingerprint density at radius 1 is 1.09 bits per heavy atom. The molecule has 0 aromatic heterocycles. The summed E-state index contributed by atoms with van der Waals surface area (Å²) in [6.07, 6.45) is 0.839. The van der Waals surface area contributed by atoms with Crippen molar-refractivity contribution < 1.29 is 17.9 Å². The lowest BCUT2D eigenvalue weighted by Crippen LogP contribution is -2.30. The predicted molar refractivity (Wildman–Crippen MR) is 91.6 cm³/mol. The molecule has 0 fully saturated rings. The van der Waals surface area contributed by atoms with E-state index in [1.807, 2.05) is 0 Å². The van der Waals surface area contributed by atoms with Gasteiger partial charge in [0.2, 0.25) is 0 Å². The van der Waals surface area contributed by atoms with Gasteiger partial charge in [0.15, 0.2) is 0 Å². The zero-order valence-corrected chi connectivity index (χ0v) is 14.9. The van der Waals surface area contributed by atoms with Crippen molar-refractivity contribution in [1.29, 1.82) is 0 Å². The highest BCUT2D eigenvalue weighted by Crippen LogP contribution is 2.16. The first-order valence-corrected chi connectivity index (χ1v) is 9.43. The second kappa shape index (κ2) is 7.61. The van der Waals surface area contributed by atoms with E-state index in [1.165, 1.54) is 31.4 Å². The Morgan fingerprint density at radius 3 is 2.22 bits per heavy atom. The molecule has 2 aromatic rings. The van der Waals surface area contributed by atoms with E-state index in [9.17, 15) is 13.2 Å². The Morgan fingerprint density at radius 2 is 1.70 bits per heavy atom. The van der Waals surface area contributed by atoms with E-state index in [2.05, 4.69) is 20.7 Å². The second-order valence-corrected chi connectivity index (χ2v) is 7.22. The normalized spacial score (nSPS) is 11.0. The molecule has 5 nitrogen and oxygen atoms in total. The van der Waals surface area contributed by atoms with Crippen LogP contribution in [0.4, 0.5) is 0 Å². The van der Waals surface area contributed by atoms with Crippen molar-refractivity contribution in [3.8, 4) is 5.75 Å². The summed E-state index contributed by atoms with van der Waals surface area (Å²) in [7, 11) is -2.42. The van der Waals surface area contributed by atoms with Gasteiger partial charge in [-0.3, -0.25) is 4.79 Å². The van der Waals surface area contributed by atoms with Crippen LogP contribution in [0, 0.1) is 0 Å². The monoisotopic (exact) mass is 397 g/mol. The number of methoxy groups -OCH3 is 1. The molecule has 0 saturated carbocycles. The highest BCUT2D eigenvalue weighted by Gasteiger charge is 2.18. The summed E-state index contributed by atoms with van der Waals surface area (Å²) < 4.78 is 31.5. The van der Waals surface area contributed by atoms with Crippen molar-refractivity contribution in [3.05, 3.63) is 59.7 Å². The van der Waals surface area contributed by atoms with Crippen molar-refractivity contribution in [2.75, 3.05) is 12.4 Å². The van der Waals surface area contributed by atoms with E-state index >= 15 is 0 Å². The molecular weight excluding hydrogens is 382 g/mol. The minimum atomic E-state index is -3.92. The molecule has 0 spiro atoms. The van der Waals surface area contributed by atoms with Gasteiger partial charge < -0.3 is 4.74 Å². The number of carbonyl (C=O) groups excluding carboxylic acids is 1. The average Bonchev–Trinajstić information content (AvgIpc) is 2.55. The van der Waals surface area contributed by atoms with Gasteiger partial charge in [-0.1, -0.05) is 28.1 Å². The number of hydrogen-bond donors (Lipinski definition) is 1. The van der Waals surface area contributed by atoms with Crippen molar-refractivity contribution in [1.82, 2.24) is 4.72 Å². The third-order valence-electron chi connectivity index (χ3n) is 3.20. The van der Waals surface area contributed by atoms with E-state index in [-0.39, 0.29) is 4.90 Å². The minimum Gasteiger partial charge on any atom is -0.497 e. The van der Waals surface area contributed by atoms with Crippen LogP contribution >= 0.6 is 15.9 Å². The van der Waals surface area contributed by atoms with Gasteiger partial charge in [0.1, 0.15) is 5.75 Å². The molecular formula is C16H16BrNO4S. The molecule has 1 N–H and O–H groups in total. The Labute approximate surface area is 143 Å². The van der Waals surface area contributed by atoms with Gasteiger partial charge in [0, 0.05) is 10.9 Å². The Kier molecular flexibility index (Phi) is 5.79. The fourth-order valence-electron chi connectivity index (χ4n) is 1.93. The number of benzene rings is 2. The number of sulfonamides is 1. The van der Waals surface area contributed by atoms with E-state index in [0.29, 0.717) is 11.3 Å². The van der Waals surface area contributed by atoms with Crippen LogP contribution in [-0.4, -0.2) is 26.8 Å². The highest BCUT2D eigenvalue weighted by atomic mass is 79.9. The van der Waals surface area contributed by atoms with Crippen molar-refractivity contribution in [3.63, 3.8) is 0 Å². The average molecular weight is 398 g/mol. The first kappa shape index (κ1) is 17.5. The zero-order chi connectivity index (χ0) is 16.9. The predicted octanol–water partition coefficient (Wildman–Crippen LogP) is 2.75. The number of hydrogen-bond acceptors (Lipinski definition) is 4. The van der Waals surface area contributed by atoms with E-state index in [1.54, 1.807) is 24.3 Å². The number of halogens is 1. The number of aryl methyl sites for hydroxylation is 1. The minimum absolute atomic E-state index is 0.00237. The van der Waals surface area contributed by atoms with E-state index < -0.39 is 15.9 Å². The maximum Gasteiger partial charge on any atom is 0.264 e. The highest BCUT2D eigenvalue weighted by molar-refractivity contribution is 9.09. The number of carbonyl (C=O) groups is 1. The molecule has 2 aromatic carbocycles. The number of nitrogens with one attached hydrogen (secondary N) is 1. The van der Waals surface area contributed by atoms with Gasteiger partial charge in [-0.05, 0) is 48.4 Å². The number of rotatable bonds is 6. The van der Waals surface area contributed by atoms with E-state index in [0.717, 1.165) is 17.3 Å². The zero-order valence-electron chi connectivity index (χ0n) is 12.5. The maximum atomic E-state index is 12.2. The Bertz CT molecular complexity index is 771. The standard InChI is InChI=1S/C16H16BrNO4S/c1-22-14-6-8-15(9-7-14)23(20,21)18-16(19)13-4-2-12(3-5-13)10-11-17/h2-9H,10-11H2,1H3,(H,18,19). The summed E-state index contributed by atoms with van der Waals surface area (Å²) in [5.41, 5.74) is 1.36. The third-order valence-corrected chi connectivity index (χ3v) is 4.94.